The Balaban J connectivity index is 2.28. The normalized spacial score (nSPS) is 11.9. The number of carbonyl (C=O) groups is 1. The summed E-state index contributed by atoms with van der Waals surface area (Å²) in [7, 11) is 3.36. The maximum Gasteiger partial charge on any atom is 0.330 e. The average molecular weight is 474 g/mol. The van der Waals surface area contributed by atoms with Crippen molar-refractivity contribution in [2.75, 3.05) is 44.5 Å². The van der Waals surface area contributed by atoms with Gasteiger partial charge in [-0.15, -0.1) is 0 Å². The minimum Gasteiger partial charge on any atom is -0.383 e. The Hall–Kier alpha value is -2.91. The highest BCUT2D eigenvalue weighted by molar-refractivity contribution is 5.96. The van der Waals surface area contributed by atoms with Crippen LogP contribution in [0.1, 0.15) is 45.7 Å². The molecule has 0 aliphatic carbocycles. The number of likely N-dealkylation sites (N-methyl/N-ethyl adjacent to an activating group) is 1. The van der Waals surface area contributed by atoms with Gasteiger partial charge in [0.1, 0.15) is 5.82 Å². The maximum absolute atomic E-state index is 13.3. The summed E-state index contributed by atoms with van der Waals surface area (Å²) in [6.45, 7) is 11.7. The van der Waals surface area contributed by atoms with Crippen molar-refractivity contribution >= 4 is 17.4 Å². The highest BCUT2D eigenvalue weighted by Crippen LogP contribution is 2.23. The topological polar surface area (TPSA) is 114 Å². The van der Waals surface area contributed by atoms with E-state index in [9.17, 15) is 14.4 Å². The highest BCUT2D eigenvalue weighted by Gasteiger charge is 2.25. The summed E-state index contributed by atoms with van der Waals surface area (Å²) in [5, 5.41) is 0. The van der Waals surface area contributed by atoms with Crippen molar-refractivity contribution in [3.05, 3.63) is 56.2 Å². The second-order valence-corrected chi connectivity index (χ2v) is 10.2. The Morgan fingerprint density at radius 3 is 2.32 bits per heavy atom. The van der Waals surface area contributed by atoms with E-state index in [1.165, 1.54) is 22.1 Å². The van der Waals surface area contributed by atoms with Gasteiger partial charge in [0.15, 0.2) is 5.69 Å². The Kier molecular flexibility index (Phi) is 9.23. The van der Waals surface area contributed by atoms with Crippen molar-refractivity contribution in [1.82, 2.24) is 14.5 Å². The van der Waals surface area contributed by atoms with Gasteiger partial charge >= 0.3 is 5.69 Å². The summed E-state index contributed by atoms with van der Waals surface area (Å²) in [4.78, 5) is 43.8. The number of anilines is 2. The third-order valence-corrected chi connectivity index (χ3v) is 5.53. The van der Waals surface area contributed by atoms with Crippen molar-refractivity contribution in [2.24, 2.45) is 5.92 Å². The van der Waals surface area contributed by atoms with Gasteiger partial charge in [-0.1, -0.05) is 58.9 Å². The van der Waals surface area contributed by atoms with E-state index in [1.54, 1.807) is 0 Å². The fourth-order valence-corrected chi connectivity index (χ4v) is 3.72. The van der Waals surface area contributed by atoms with Crippen LogP contribution in [-0.4, -0.2) is 54.2 Å². The molecule has 0 atom stereocenters. The number of nitrogens with two attached hydrogens (primary N) is 1. The molecule has 2 rings (SSSR count). The second kappa shape index (κ2) is 11.5. The molecule has 0 aliphatic rings. The molecule has 1 heterocycles. The molecule has 1 aromatic carbocycles. The van der Waals surface area contributed by atoms with Crippen molar-refractivity contribution in [3.8, 4) is 0 Å². The smallest absolute Gasteiger partial charge is 0.330 e. The fourth-order valence-electron chi connectivity index (χ4n) is 3.72. The van der Waals surface area contributed by atoms with Crippen molar-refractivity contribution < 1.29 is 9.53 Å². The highest BCUT2D eigenvalue weighted by atomic mass is 16.5. The zero-order valence-electron chi connectivity index (χ0n) is 21.5. The number of nitrogen functional groups attached to an aromatic ring is 1. The number of aromatic nitrogens is 2. The fraction of sp³-hybridized carbons (Fsp3) is 0.560. The van der Waals surface area contributed by atoms with E-state index in [0.29, 0.717) is 13.1 Å². The van der Waals surface area contributed by atoms with Gasteiger partial charge in [0, 0.05) is 26.7 Å². The molecule has 0 aliphatic heterocycles. The quantitative estimate of drug-likeness (QED) is 0.547. The van der Waals surface area contributed by atoms with E-state index >= 15 is 0 Å². The van der Waals surface area contributed by atoms with Gasteiger partial charge in [-0.3, -0.25) is 24.0 Å². The SMILES string of the molecule is COCCN(C(=O)CN(C)Cc1ccc(C(C)(C)C)cc1)c1c(N)n(CC(C)C)c(=O)[nH]c1=O. The number of amides is 1. The largest absolute Gasteiger partial charge is 0.383 e. The zero-order valence-corrected chi connectivity index (χ0v) is 21.5. The van der Waals surface area contributed by atoms with E-state index < -0.39 is 11.2 Å². The molecule has 2 aromatic rings. The number of carbonyl (C=O) groups excluding carboxylic acids is 1. The first kappa shape index (κ1) is 27.3. The summed E-state index contributed by atoms with van der Waals surface area (Å²) in [6.07, 6.45) is 0. The molecular weight excluding hydrogens is 434 g/mol. The Labute approximate surface area is 201 Å². The molecule has 0 radical (unpaired) electrons. The lowest BCUT2D eigenvalue weighted by Crippen LogP contribution is -2.46. The minimum absolute atomic E-state index is 0.0210. The molecule has 0 saturated carbocycles. The van der Waals surface area contributed by atoms with Crippen molar-refractivity contribution in [2.45, 2.75) is 53.1 Å². The van der Waals surface area contributed by atoms with Crippen molar-refractivity contribution in [3.63, 3.8) is 0 Å². The Morgan fingerprint density at radius 1 is 1.18 bits per heavy atom. The molecular formula is C25H39N5O4. The third kappa shape index (κ3) is 7.04. The summed E-state index contributed by atoms with van der Waals surface area (Å²) >= 11 is 0. The van der Waals surface area contributed by atoms with Crippen LogP contribution in [0.3, 0.4) is 0 Å². The molecule has 0 saturated heterocycles. The second-order valence-electron chi connectivity index (χ2n) is 10.2. The number of nitrogens with one attached hydrogen (secondary N) is 1. The molecule has 34 heavy (non-hydrogen) atoms. The predicted molar refractivity (Wildman–Crippen MR) is 136 cm³/mol. The van der Waals surface area contributed by atoms with Gasteiger partial charge in [0.25, 0.3) is 5.56 Å². The lowest BCUT2D eigenvalue weighted by atomic mass is 9.87. The third-order valence-electron chi connectivity index (χ3n) is 5.53. The van der Waals surface area contributed by atoms with Crippen LogP contribution in [0.25, 0.3) is 0 Å². The van der Waals surface area contributed by atoms with Crippen LogP contribution in [0, 0.1) is 5.92 Å². The standard InChI is InChI=1S/C25H39N5O4/c1-17(2)14-30-22(26)21(23(32)27-24(30)33)29(12-13-34-7)20(31)16-28(6)15-18-8-10-19(11-9-18)25(3,4)5/h8-11,17H,12-16,26H2,1-7H3,(H,27,32,33). The molecule has 0 unspecified atom stereocenters. The molecule has 0 bridgehead atoms. The first-order chi connectivity index (χ1) is 15.8. The molecule has 9 heteroatoms. The number of hydrogen-bond acceptors (Lipinski definition) is 6. The summed E-state index contributed by atoms with van der Waals surface area (Å²) in [5.74, 6) is -0.206. The first-order valence-electron chi connectivity index (χ1n) is 11.5. The molecule has 9 nitrogen and oxygen atoms in total. The van der Waals surface area contributed by atoms with Crippen molar-refractivity contribution in [1.29, 1.82) is 0 Å². The predicted octanol–water partition coefficient (Wildman–Crippen LogP) is 2.18. The zero-order chi connectivity index (χ0) is 25.6. The number of H-pyrrole nitrogens is 1. The van der Waals surface area contributed by atoms with Crippen LogP contribution in [0.15, 0.2) is 33.9 Å². The molecule has 188 valence electrons. The number of ether oxygens (including phenoxy) is 1. The number of methoxy groups -OCH3 is 1. The van der Waals surface area contributed by atoms with E-state index in [2.05, 4.69) is 50.0 Å². The van der Waals surface area contributed by atoms with Gasteiger partial charge < -0.3 is 15.4 Å². The van der Waals surface area contributed by atoms with Crippen LogP contribution in [0.5, 0.6) is 0 Å². The number of aromatic amines is 1. The molecule has 1 amide bonds. The average Bonchev–Trinajstić information content (AvgIpc) is 2.72. The van der Waals surface area contributed by atoms with Crippen LogP contribution in [-0.2, 0) is 28.0 Å². The molecule has 1 aromatic heterocycles. The van der Waals surface area contributed by atoms with Crippen LogP contribution in [0.4, 0.5) is 11.5 Å². The van der Waals surface area contributed by atoms with Gasteiger partial charge in [0.05, 0.1) is 13.2 Å². The number of benzene rings is 1. The molecule has 3 N–H and O–H groups in total. The van der Waals surface area contributed by atoms with Crippen LogP contribution in [0.2, 0.25) is 0 Å². The lowest BCUT2D eigenvalue weighted by Gasteiger charge is -2.27. The number of nitrogens with zero attached hydrogens (tertiary/aromatic N) is 3. The van der Waals surface area contributed by atoms with Gasteiger partial charge in [-0.05, 0) is 29.5 Å². The minimum atomic E-state index is -0.688. The van der Waals surface area contributed by atoms with Gasteiger partial charge in [-0.2, -0.15) is 0 Å². The summed E-state index contributed by atoms with van der Waals surface area (Å²) < 4.78 is 6.45. The van der Waals surface area contributed by atoms with Crippen LogP contribution >= 0.6 is 0 Å². The summed E-state index contributed by atoms with van der Waals surface area (Å²) in [5.41, 5.74) is 7.33. The van der Waals surface area contributed by atoms with E-state index in [-0.39, 0.29) is 48.4 Å². The Morgan fingerprint density at radius 2 is 1.79 bits per heavy atom. The number of rotatable bonds is 10. The lowest BCUT2D eigenvalue weighted by molar-refractivity contribution is -0.119. The van der Waals surface area contributed by atoms with E-state index in [4.69, 9.17) is 10.5 Å². The summed E-state index contributed by atoms with van der Waals surface area (Å²) in [6, 6.07) is 8.34. The van der Waals surface area contributed by atoms with E-state index in [0.717, 1.165) is 5.56 Å². The first-order valence-corrected chi connectivity index (χ1v) is 11.5. The van der Waals surface area contributed by atoms with Gasteiger partial charge in [0.2, 0.25) is 5.91 Å². The van der Waals surface area contributed by atoms with Crippen LogP contribution < -0.4 is 21.9 Å². The molecule has 0 fully saturated rings. The van der Waals surface area contributed by atoms with E-state index in [1.807, 2.05) is 25.8 Å². The molecule has 0 spiro atoms. The monoisotopic (exact) mass is 473 g/mol. The maximum atomic E-state index is 13.3. The number of hydrogen-bond donors (Lipinski definition) is 2. The van der Waals surface area contributed by atoms with Gasteiger partial charge in [-0.25, -0.2) is 4.79 Å². The Bertz CT molecular complexity index is 1080.